The molecule has 0 aromatic rings. The predicted molar refractivity (Wildman–Crippen MR) is 296 cm³/mol. The van der Waals surface area contributed by atoms with E-state index in [1.165, 1.54) is 180 Å². The summed E-state index contributed by atoms with van der Waals surface area (Å²) in [5.41, 5.74) is 0. The summed E-state index contributed by atoms with van der Waals surface area (Å²) < 4.78 is 34.0. The van der Waals surface area contributed by atoms with E-state index >= 15 is 0 Å². The number of phosphoric ester groups is 1. The molecule has 0 aliphatic rings. The molecular weight excluding hydrogens is 894 g/mol. The van der Waals surface area contributed by atoms with E-state index in [0.29, 0.717) is 17.4 Å². The average Bonchev–Trinajstić information content (AvgIpc) is 3.32. The van der Waals surface area contributed by atoms with Crippen LogP contribution in [-0.2, 0) is 32.7 Å². The Balaban J connectivity index is 4.02. The summed E-state index contributed by atoms with van der Waals surface area (Å²) in [6, 6.07) is 0. The zero-order valence-electron chi connectivity index (χ0n) is 46.5. The maximum Gasteiger partial charge on any atom is 0.306 e. The third kappa shape index (κ3) is 55.3. The number of hydrogen-bond donors (Lipinski definition) is 0. The zero-order valence-corrected chi connectivity index (χ0v) is 47.4. The number of ether oxygens (including phenoxy) is 2. The molecule has 0 N–H and O–H groups in total. The lowest BCUT2D eigenvalue weighted by molar-refractivity contribution is -0.870. The first-order chi connectivity index (χ1) is 34.0. The van der Waals surface area contributed by atoms with Crippen LogP contribution in [-0.4, -0.2) is 70.0 Å². The fraction of sp³-hybridized carbons (Fsp3) is 0.833. The molecule has 410 valence electrons. The molecule has 70 heavy (non-hydrogen) atoms. The minimum Gasteiger partial charge on any atom is -0.756 e. The van der Waals surface area contributed by atoms with Crippen LogP contribution in [0.1, 0.15) is 271 Å². The molecule has 0 saturated heterocycles. The van der Waals surface area contributed by atoms with E-state index in [0.717, 1.165) is 57.8 Å². The molecule has 0 heterocycles. The van der Waals surface area contributed by atoms with E-state index in [-0.39, 0.29) is 32.0 Å². The zero-order chi connectivity index (χ0) is 51.3. The second-order valence-corrected chi connectivity index (χ2v) is 22.4. The van der Waals surface area contributed by atoms with Gasteiger partial charge >= 0.3 is 11.9 Å². The van der Waals surface area contributed by atoms with Crippen LogP contribution < -0.4 is 4.89 Å². The highest BCUT2D eigenvalue weighted by Crippen LogP contribution is 2.38. The molecule has 10 heteroatoms. The first-order valence-electron chi connectivity index (χ1n) is 29.3. The highest BCUT2D eigenvalue weighted by atomic mass is 31.2. The van der Waals surface area contributed by atoms with Gasteiger partial charge in [0.15, 0.2) is 6.10 Å². The van der Waals surface area contributed by atoms with Gasteiger partial charge in [-0.05, 0) is 51.4 Å². The summed E-state index contributed by atoms with van der Waals surface area (Å²) in [6.45, 7) is 4.10. The minimum absolute atomic E-state index is 0.0390. The van der Waals surface area contributed by atoms with Crippen molar-refractivity contribution in [2.75, 3.05) is 47.5 Å². The van der Waals surface area contributed by atoms with E-state index in [2.05, 4.69) is 62.5 Å². The molecule has 0 bridgehead atoms. The Kier molecular flexibility index (Phi) is 50.4. The van der Waals surface area contributed by atoms with E-state index in [1.54, 1.807) is 0 Å². The highest BCUT2D eigenvalue weighted by Gasteiger charge is 2.21. The first kappa shape index (κ1) is 68.0. The predicted octanol–water partition coefficient (Wildman–Crippen LogP) is 17.5. The van der Waals surface area contributed by atoms with E-state index in [4.69, 9.17) is 18.5 Å². The molecule has 0 aromatic carbocycles. The van der Waals surface area contributed by atoms with Gasteiger partial charge in [-0.25, -0.2) is 0 Å². The lowest BCUT2D eigenvalue weighted by Crippen LogP contribution is -2.37. The molecule has 0 aliphatic carbocycles. The van der Waals surface area contributed by atoms with Crippen LogP contribution in [0.3, 0.4) is 0 Å². The quantitative estimate of drug-likeness (QED) is 0.0195. The molecule has 0 radical (unpaired) electrons. The van der Waals surface area contributed by atoms with Gasteiger partial charge in [0.1, 0.15) is 19.8 Å². The maximum atomic E-state index is 12.7. The molecule has 0 amide bonds. The number of carbonyl (C=O) groups excluding carboxylic acids is 2. The van der Waals surface area contributed by atoms with Crippen molar-refractivity contribution in [3.05, 3.63) is 48.6 Å². The monoisotopic (exact) mass is 1010 g/mol. The van der Waals surface area contributed by atoms with Gasteiger partial charge in [-0.3, -0.25) is 14.2 Å². The van der Waals surface area contributed by atoms with Crippen LogP contribution in [0.25, 0.3) is 0 Å². The molecular formula is C60H112NO8P. The second kappa shape index (κ2) is 51.9. The van der Waals surface area contributed by atoms with Gasteiger partial charge in [0.25, 0.3) is 7.82 Å². The Labute approximate surface area is 433 Å². The van der Waals surface area contributed by atoms with Crippen LogP contribution in [0.5, 0.6) is 0 Å². The van der Waals surface area contributed by atoms with E-state index in [9.17, 15) is 19.0 Å². The largest absolute Gasteiger partial charge is 0.756 e. The lowest BCUT2D eigenvalue weighted by atomic mass is 10.0. The molecule has 0 rings (SSSR count). The number of phosphoric acid groups is 1. The van der Waals surface area contributed by atoms with E-state index in [1.807, 2.05) is 21.1 Å². The number of nitrogens with zero attached hydrogens (tertiary/aromatic N) is 1. The molecule has 2 atom stereocenters. The van der Waals surface area contributed by atoms with Crippen LogP contribution in [0.2, 0.25) is 0 Å². The fourth-order valence-electron chi connectivity index (χ4n) is 8.36. The molecule has 0 spiro atoms. The van der Waals surface area contributed by atoms with Crippen LogP contribution in [0.4, 0.5) is 0 Å². The van der Waals surface area contributed by atoms with Gasteiger partial charge < -0.3 is 27.9 Å². The Hall–Kier alpha value is -2.03. The Morgan fingerprint density at radius 1 is 0.457 bits per heavy atom. The number of esters is 2. The average molecular weight is 1010 g/mol. The summed E-state index contributed by atoms with van der Waals surface area (Å²) in [5.74, 6) is -0.874. The minimum atomic E-state index is -4.64. The summed E-state index contributed by atoms with van der Waals surface area (Å²) in [4.78, 5) is 37.8. The van der Waals surface area contributed by atoms with Crippen molar-refractivity contribution in [1.29, 1.82) is 0 Å². The van der Waals surface area contributed by atoms with Crippen LogP contribution in [0, 0.1) is 0 Å². The van der Waals surface area contributed by atoms with Crippen molar-refractivity contribution in [2.24, 2.45) is 0 Å². The van der Waals surface area contributed by atoms with Gasteiger partial charge in [-0.2, -0.15) is 0 Å². The van der Waals surface area contributed by atoms with Gasteiger partial charge in [0, 0.05) is 12.8 Å². The van der Waals surface area contributed by atoms with Crippen molar-refractivity contribution in [2.45, 2.75) is 277 Å². The maximum absolute atomic E-state index is 12.7. The Bertz CT molecular complexity index is 1320. The fourth-order valence-corrected chi connectivity index (χ4v) is 9.08. The second-order valence-electron chi connectivity index (χ2n) is 21.0. The first-order valence-corrected chi connectivity index (χ1v) is 30.8. The molecule has 2 unspecified atom stereocenters. The standard InChI is InChI=1S/C60H112NO8P/c1-6-8-10-12-14-16-18-20-22-23-24-25-26-27-28-29-30-31-32-33-34-35-36-37-39-40-42-44-46-48-50-52-59(62)66-56-58(57-68-70(64,65)67-55-54-61(3,4)5)69-60(63)53-51-49-47-45-43-41-38-21-19-17-15-13-11-9-7-2/h9,11,15,17,21,38,43,45,58H,6-8,10,12-14,16,18-20,22-37,39-42,44,46-57H2,1-5H3/b11-9-,17-15-,38-21-,45-43-. The van der Waals surface area contributed by atoms with Crippen molar-refractivity contribution < 1.29 is 42.1 Å². The topological polar surface area (TPSA) is 111 Å². The summed E-state index contributed by atoms with van der Waals surface area (Å²) in [7, 11) is 1.14. The summed E-state index contributed by atoms with van der Waals surface area (Å²) in [5, 5.41) is 0. The normalized spacial score (nSPS) is 13.6. The number of hydrogen-bond acceptors (Lipinski definition) is 8. The third-order valence-corrected chi connectivity index (χ3v) is 13.8. The van der Waals surface area contributed by atoms with Crippen molar-refractivity contribution in [3.63, 3.8) is 0 Å². The van der Waals surface area contributed by atoms with Crippen molar-refractivity contribution >= 4 is 19.8 Å². The Morgan fingerprint density at radius 3 is 1.21 bits per heavy atom. The van der Waals surface area contributed by atoms with Crippen LogP contribution in [0.15, 0.2) is 48.6 Å². The summed E-state index contributed by atoms with van der Waals surface area (Å²) >= 11 is 0. The van der Waals surface area contributed by atoms with Gasteiger partial charge in [-0.1, -0.05) is 255 Å². The number of likely N-dealkylation sites (N-methyl/N-ethyl adjacent to an activating group) is 1. The molecule has 0 saturated carbocycles. The number of rotatable bonds is 54. The molecule has 0 fully saturated rings. The smallest absolute Gasteiger partial charge is 0.306 e. The molecule has 9 nitrogen and oxygen atoms in total. The van der Waals surface area contributed by atoms with Crippen LogP contribution >= 0.6 is 7.82 Å². The van der Waals surface area contributed by atoms with E-state index < -0.39 is 26.5 Å². The molecule has 0 aromatic heterocycles. The lowest BCUT2D eigenvalue weighted by Gasteiger charge is -2.28. The molecule has 0 aliphatic heterocycles. The number of carbonyl (C=O) groups is 2. The van der Waals surface area contributed by atoms with Crippen molar-refractivity contribution in [1.82, 2.24) is 0 Å². The van der Waals surface area contributed by atoms with Gasteiger partial charge in [-0.15, -0.1) is 0 Å². The SMILES string of the molecule is CC/C=C\C/C=C\C/C=C\C/C=C\CCCCC(=O)OC(COC(=O)CCCCCCCCCCCCCCCCCCCCCCCCCCCCCCCCC)COP(=O)([O-])OCC[N+](C)(C)C. The van der Waals surface area contributed by atoms with Gasteiger partial charge in [0.05, 0.1) is 27.7 Å². The van der Waals surface area contributed by atoms with Crippen molar-refractivity contribution in [3.8, 4) is 0 Å². The Morgan fingerprint density at radius 2 is 0.814 bits per heavy atom. The number of quaternary nitrogens is 1. The number of allylic oxidation sites excluding steroid dienone is 8. The highest BCUT2D eigenvalue weighted by molar-refractivity contribution is 7.45. The van der Waals surface area contributed by atoms with Gasteiger partial charge in [0.2, 0.25) is 0 Å². The number of unbranched alkanes of at least 4 members (excludes halogenated alkanes) is 32. The summed E-state index contributed by atoms with van der Waals surface area (Å²) in [6.07, 6.45) is 64.8. The third-order valence-electron chi connectivity index (χ3n) is 12.9.